The summed E-state index contributed by atoms with van der Waals surface area (Å²) in [6.45, 7) is 3.91. The van der Waals surface area contributed by atoms with Crippen LogP contribution in [0, 0.1) is 0 Å². The van der Waals surface area contributed by atoms with E-state index in [1.807, 2.05) is 12.1 Å². The summed E-state index contributed by atoms with van der Waals surface area (Å²) in [5.41, 5.74) is 1.09. The molecule has 4 nitrogen and oxygen atoms in total. The molecule has 1 atom stereocenters. The summed E-state index contributed by atoms with van der Waals surface area (Å²) in [4.78, 5) is 2.76. The van der Waals surface area contributed by atoms with Crippen molar-refractivity contribution in [2.24, 2.45) is 0 Å². The zero-order chi connectivity index (χ0) is 14.6. The van der Waals surface area contributed by atoms with Crippen LogP contribution in [0.1, 0.15) is 37.8 Å². The van der Waals surface area contributed by atoms with Crippen molar-refractivity contribution in [3.05, 3.63) is 29.8 Å². The Morgan fingerprint density at radius 2 is 1.80 bits per heavy atom. The molecular weight excluding hydrogens is 274 g/mol. The van der Waals surface area contributed by atoms with Gasteiger partial charge in [0.05, 0.1) is 10.6 Å². The highest BCUT2D eigenvalue weighted by molar-refractivity contribution is 7.91. The summed E-state index contributed by atoms with van der Waals surface area (Å²) >= 11 is 0. The summed E-state index contributed by atoms with van der Waals surface area (Å²) in [5.74, 6) is 0.124. The topological polar surface area (TPSA) is 57.6 Å². The lowest BCUT2D eigenvalue weighted by atomic mass is 10.0. The average Bonchev–Trinajstić information content (AvgIpc) is 2.99. The number of aliphatic hydroxyl groups is 1. The molecule has 0 bridgehead atoms. The van der Waals surface area contributed by atoms with Crippen LogP contribution in [-0.4, -0.2) is 43.9 Å². The number of hydrogen-bond donors (Lipinski definition) is 1. The molecule has 0 aliphatic carbocycles. The maximum Gasteiger partial charge on any atom is 0.178 e. The number of aliphatic hydroxyl groups excluding tert-OH is 1. The highest BCUT2D eigenvalue weighted by Gasteiger charge is 2.23. The summed E-state index contributed by atoms with van der Waals surface area (Å²) in [5, 5.41) is 9.26. The molecule has 1 aliphatic heterocycles. The van der Waals surface area contributed by atoms with Gasteiger partial charge in [-0.15, -0.1) is 0 Å². The van der Waals surface area contributed by atoms with Crippen molar-refractivity contribution in [1.82, 2.24) is 4.90 Å². The zero-order valence-electron chi connectivity index (χ0n) is 12.0. The Morgan fingerprint density at radius 3 is 2.30 bits per heavy atom. The van der Waals surface area contributed by atoms with Crippen LogP contribution in [0.25, 0.3) is 0 Å². The molecule has 1 aromatic rings. The molecule has 0 saturated carbocycles. The van der Waals surface area contributed by atoms with Crippen molar-refractivity contribution < 1.29 is 13.5 Å². The molecule has 1 fully saturated rings. The third-order valence-electron chi connectivity index (χ3n) is 3.99. The van der Waals surface area contributed by atoms with Gasteiger partial charge >= 0.3 is 0 Å². The molecule has 1 aromatic carbocycles. The first-order valence-corrected chi connectivity index (χ1v) is 8.91. The fraction of sp³-hybridized carbons (Fsp3) is 0.600. The first kappa shape index (κ1) is 15.5. The molecule has 0 aromatic heterocycles. The van der Waals surface area contributed by atoms with E-state index in [2.05, 4.69) is 4.90 Å². The molecule has 20 heavy (non-hydrogen) atoms. The van der Waals surface area contributed by atoms with E-state index >= 15 is 0 Å². The highest BCUT2D eigenvalue weighted by atomic mass is 32.2. The first-order valence-electron chi connectivity index (χ1n) is 7.26. The van der Waals surface area contributed by atoms with E-state index in [1.54, 1.807) is 19.1 Å². The van der Waals surface area contributed by atoms with Crippen LogP contribution in [0.3, 0.4) is 0 Å². The van der Waals surface area contributed by atoms with Crippen molar-refractivity contribution in [1.29, 1.82) is 0 Å². The van der Waals surface area contributed by atoms with E-state index in [0.29, 0.717) is 11.3 Å². The summed E-state index contributed by atoms with van der Waals surface area (Å²) < 4.78 is 23.6. The lowest BCUT2D eigenvalue weighted by Gasteiger charge is -2.27. The molecule has 0 radical (unpaired) electrons. The van der Waals surface area contributed by atoms with Gasteiger partial charge < -0.3 is 5.11 Å². The van der Waals surface area contributed by atoms with Crippen LogP contribution in [-0.2, 0) is 9.84 Å². The summed E-state index contributed by atoms with van der Waals surface area (Å²) in [6, 6.07) is 7.35. The van der Waals surface area contributed by atoms with E-state index in [0.717, 1.165) is 18.7 Å². The van der Waals surface area contributed by atoms with Crippen molar-refractivity contribution in [3.63, 3.8) is 0 Å². The van der Waals surface area contributed by atoms with Crippen LogP contribution in [0.2, 0.25) is 0 Å². The fourth-order valence-electron chi connectivity index (χ4n) is 2.80. The molecule has 1 aliphatic rings. The SMILES string of the molecule is CCS(=O)(=O)c1ccc(C(CCO)N2CCCC2)cc1. The minimum Gasteiger partial charge on any atom is -0.396 e. The number of hydrogen-bond acceptors (Lipinski definition) is 4. The lowest BCUT2D eigenvalue weighted by molar-refractivity contribution is 0.185. The minimum absolute atomic E-state index is 0.124. The largest absolute Gasteiger partial charge is 0.396 e. The van der Waals surface area contributed by atoms with Crippen molar-refractivity contribution >= 4 is 9.84 Å². The van der Waals surface area contributed by atoms with Gasteiger partial charge in [0.2, 0.25) is 0 Å². The third kappa shape index (κ3) is 3.40. The highest BCUT2D eigenvalue weighted by Crippen LogP contribution is 2.28. The number of benzene rings is 1. The van der Waals surface area contributed by atoms with Gasteiger partial charge in [-0.2, -0.15) is 0 Å². The van der Waals surface area contributed by atoms with E-state index < -0.39 is 9.84 Å². The van der Waals surface area contributed by atoms with Crippen LogP contribution in [0.4, 0.5) is 0 Å². The first-order chi connectivity index (χ1) is 9.58. The Bertz CT molecular complexity index is 519. The predicted molar refractivity (Wildman–Crippen MR) is 79.4 cm³/mol. The zero-order valence-corrected chi connectivity index (χ0v) is 12.8. The van der Waals surface area contributed by atoms with Gasteiger partial charge in [0.1, 0.15) is 0 Å². The fourth-order valence-corrected chi connectivity index (χ4v) is 3.68. The summed E-state index contributed by atoms with van der Waals surface area (Å²) in [7, 11) is -3.13. The van der Waals surface area contributed by atoms with Gasteiger partial charge in [0.15, 0.2) is 9.84 Å². The smallest absolute Gasteiger partial charge is 0.178 e. The molecule has 1 unspecified atom stereocenters. The lowest BCUT2D eigenvalue weighted by Crippen LogP contribution is -2.26. The normalized spacial score (nSPS) is 18.3. The average molecular weight is 297 g/mol. The van der Waals surface area contributed by atoms with Crippen LogP contribution >= 0.6 is 0 Å². The summed E-state index contributed by atoms with van der Waals surface area (Å²) in [6.07, 6.45) is 3.09. The number of sulfone groups is 1. The van der Waals surface area contributed by atoms with Gasteiger partial charge in [-0.3, -0.25) is 4.90 Å². The Morgan fingerprint density at radius 1 is 1.20 bits per heavy atom. The molecule has 1 N–H and O–H groups in total. The van der Waals surface area contributed by atoms with Gasteiger partial charge in [0, 0.05) is 12.6 Å². The number of rotatable bonds is 6. The molecule has 0 spiro atoms. The predicted octanol–water partition coefficient (Wildman–Crippen LogP) is 2.00. The maximum atomic E-state index is 11.8. The molecule has 5 heteroatoms. The maximum absolute atomic E-state index is 11.8. The van der Waals surface area contributed by atoms with Gasteiger partial charge in [0.25, 0.3) is 0 Å². The minimum atomic E-state index is -3.13. The van der Waals surface area contributed by atoms with Gasteiger partial charge in [-0.25, -0.2) is 8.42 Å². The number of nitrogens with zero attached hydrogens (tertiary/aromatic N) is 1. The Kier molecular flexibility index (Phi) is 5.18. The second-order valence-electron chi connectivity index (χ2n) is 5.24. The second-order valence-corrected chi connectivity index (χ2v) is 7.52. The van der Waals surface area contributed by atoms with Crippen molar-refractivity contribution in [3.8, 4) is 0 Å². The van der Waals surface area contributed by atoms with E-state index in [-0.39, 0.29) is 18.4 Å². The van der Waals surface area contributed by atoms with Crippen LogP contribution in [0.15, 0.2) is 29.2 Å². The van der Waals surface area contributed by atoms with Crippen LogP contribution < -0.4 is 0 Å². The Labute approximate surface area is 121 Å². The molecule has 112 valence electrons. The van der Waals surface area contributed by atoms with E-state index in [1.165, 1.54) is 12.8 Å². The quantitative estimate of drug-likeness (QED) is 0.872. The monoisotopic (exact) mass is 297 g/mol. The van der Waals surface area contributed by atoms with E-state index in [9.17, 15) is 13.5 Å². The van der Waals surface area contributed by atoms with Gasteiger partial charge in [-0.05, 0) is 50.0 Å². The molecular formula is C15H23NO3S. The molecule has 1 saturated heterocycles. The molecule has 1 heterocycles. The van der Waals surface area contributed by atoms with Crippen LogP contribution in [0.5, 0.6) is 0 Å². The van der Waals surface area contributed by atoms with Crippen molar-refractivity contribution in [2.45, 2.75) is 37.1 Å². The molecule has 2 rings (SSSR count). The Hall–Kier alpha value is -0.910. The molecule has 0 amide bonds. The van der Waals surface area contributed by atoms with Crippen molar-refractivity contribution in [2.75, 3.05) is 25.4 Å². The Balaban J connectivity index is 2.21. The third-order valence-corrected chi connectivity index (χ3v) is 5.74. The second kappa shape index (κ2) is 6.70. The van der Waals surface area contributed by atoms with Gasteiger partial charge in [-0.1, -0.05) is 19.1 Å². The standard InChI is InChI=1S/C15H23NO3S/c1-2-20(18,19)14-7-5-13(6-8-14)15(9-12-17)16-10-3-4-11-16/h5-8,15,17H,2-4,9-12H2,1H3. The van der Waals surface area contributed by atoms with E-state index in [4.69, 9.17) is 0 Å². The number of likely N-dealkylation sites (tertiary alicyclic amines) is 1.